The summed E-state index contributed by atoms with van der Waals surface area (Å²) in [5.41, 5.74) is 0.323. The summed E-state index contributed by atoms with van der Waals surface area (Å²) in [6, 6.07) is 3.75. The van der Waals surface area contributed by atoms with Crippen LogP contribution in [-0.4, -0.2) is 21.3 Å². The molecule has 2 saturated carbocycles. The fourth-order valence-electron chi connectivity index (χ4n) is 4.47. The van der Waals surface area contributed by atoms with Crippen LogP contribution < -0.4 is 10.9 Å². The number of amides is 1. The van der Waals surface area contributed by atoms with Crippen LogP contribution in [-0.2, 0) is 0 Å². The first-order chi connectivity index (χ1) is 12.1. The summed E-state index contributed by atoms with van der Waals surface area (Å²) >= 11 is 3.35. The maximum atomic E-state index is 12.6. The molecule has 0 spiro atoms. The highest BCUT2D eigenvalue weighted by Crippen LogP contribution is 2.40. The molecule has 0 aliphatic heterocycles. The zero-order valence-electron chi connectivity index (χ0n) is 14.1. The van der Waals surface area contributed by atoms with E-state index in [0.717, 1.165) is 29.2 Å². The summed E-state index contributed by atoms with van der Waals surface area (Å²) in [6.07, 6.45) is 11.6. The summed E-state index contributed by atoms with van der Waals surface area (Å²) in [5.74, 6) is 1.28. The van der Waals surface area contributed by atoms with Crippen molar-refractivity contribution in [3.63, 3.8) is 0 Å². The topological polar surface area (TPSA) is 63.5 Å². The van der Waals surface area contributed by atoms with E-state index in [2.05, 4.69) is 26.2 Å². The molecule has 0 radical (unpaired) electrons. The standard InChI is InChI=1S/C19H22BrN3O2/c20-14-6-8-17-21-10-16(19(25)23(17)11-14)18(24)22-15-7-5-12-3-1-2-4-13(12)9-15/h6,8,10-13,15H,1-5,7,9H2,(H,22,24). The second-order valence-corrected chi connectivity index (χ2v) is 8.26. The molecule has 2 aromatic heterocycles. The highest BCUT2D eigenvalue weighted by molar-refractivity contribution is 9.10. The first kappa shape index (κ1) is 16.8. The molecular weight excluding hydrogens is 382 g/mol. The highest BCUT2D eigenvalue weighted by atomic mass is 79.9. The Labute approximate surface area is 155 Å². The van der Waals surface area contributed by atoms with Crippen molar-refractivity contribution in [1.29, 1.82) is 0 Å². The van der Waals surface area contributed by atoms with Crippen LogP contribution in [0.5, 0.6) is 0 Å². The van der Waals surface area contributed by atoms with Crippen molar-refractivity contribution in [2.24, 2.45) is 11.8 Å². The van der Waals surface area contributed by atoms with Crippen LogP contribution in [0, 0.1) is 11.8 Å². The van der Waals surface area contributed by atoms with Gasteiger partial charge in [-0.1, -0.05) is 25.7 Å². The molecule has 0 saturated heterocycles. The first-order valence-electron chi connectivity index (χ1n) is 9.09. The van der Waals surface area contributed by atoms with Gasteiger partial charge in [0.05, 0.1) is 0 Å². The van der Waals surface area contributed by atoms with Crippen LogP contribution in [0.1, 0.15) is 55.3 Å². The molecule has 2 heterocycles. The Hall–Kier alpha value is -1.69. The van der Waals surface area contributed by atoms with Crippen LogP contribution in [0.2, 0.25) is 0 Å². The van der Waals surface area contributed by atoms with Gasteiger partial charge in [0.25, 0.3) is 11.5 Å². The van der Waals surface area contributed by atoms with E-state index in [1.54, 1.807) is 12.3 Å². The molecule has 2 fully saturated rings. The fraction of sp³-hybridized carbons (Fsp3) is 0.526. The molecule has 0 bridgehead atoms. The number of halogens is 1. The molecule has 6 heteroatoms. The van der Waals surface area contributed by atoms with Gasteiger partial charge < -0.3 is 5.32 Å². The maximum Gasteiger partial charge on any atom is 0.270 e. The van der Waals surface area contributed by atoms with Crippen molar-refractivity contribution in [2.45, 2.75) is 51.0 Å². The summed E-state index contributed by atoms with van der Waals surface area (Å²) in [7, 11) is 0. The predicted molar refractivity (Wildman–Crippen MR) is 99.7 cm³/mol. The van der Waals surface area contributed by atoms with Gasteiger partial charge in [-0.2, -0.15) is 0 Å². The lowest BCUT2D eigenvalue weighted by atomic mass is 9.69. The van der Waals surface area contributed by atoms with E-state index in [9.17, 15) is 9.59 Å². The monoisotopic (exact) mass is 403 g/mol. The predicted octanol–water partition coefficient (Wildman–Crippen LogP) is 3.55. The van der Waals surface area contributed by atoms with Gasteiger partial charge in [0, 0.05) is 22.9 Å². The Morgan fingerprint density at radius 3 is 2.80 bits per heavy atom. The third-order valence-electron chi connectivity index (χ3n) is 5.79. The molecule has 2 aromatic rings. The van der Waals surface area contributed by atoms with Crippen molar-refractivity contribution in [3.8, 4) is 0 Å². The molecule has 5 nitrogen and oxygen atoms in total. The molecule has 25 heavy (non-hydrogen) atoms. The summed E-state index contributed by atoms with van der Waals surface area (Å²) in [6.45, 7) is 0. The highest BCUT2D eigenvalue weighted by Gasteiger charge is 2.33. The number of hydrogen-bond donors (Lipinski definition) is 1. The Morgan fingerprint density at radius 2 is 1.96 bits per heavy atom. The van der Waals surface area contributed by atoms with Crippen molar-refractivity contribution < 1.29 is 4.79 Å². The van der Waals surface area contributed by atoms with Gasteiger partial charge in [-0.05, 0) is 59.2 Å². The Morgan fingerprint density at radius 1 is 1.16 bits per heavy atom. The Bertz CT molecular complexity index is 863. The largest absolute Gasteiger partial charge is 0.349 e. The minimum atomic E-state index is -0.324. The lowest BCUT2D eigenvalue weighted by Crippen LogP contribution is -2.43. The molecule has 132 valence electrons. The van der Waals surface area contributed by atoms with Crippen LogP contribution in [0.3, 0.4) is 0 Å². The first-order valence-corrected chi connectivity index (χ1v) is 9.89. The van der Waals surface area contributed by atoms with Gasteiger partial charge in [0.1, 0.15) is 11.2 Å². The average Bonchev–Trinajstić information content (AvgIpc) is 2.62. The van der Waals surface area contributed by atoms with Crippen LogP contribution in [0.4, 0.5) is 0 Å². The molecule has 0 aromatic carbocycles. The van der Waals surface area contributed by atoms with Gasteiger partial charge in [-0.15, -0.1) is 0 Å². The smallest absolute Gasteiger partial charge is 0.270 e. The van der Waals surface area contributed by atoms with Gasteiger partial charge >= 0.3 is 0 Å². The molecule has 2 aliphatic carbocycles. The lowest BCUT2D eigenvalue weighted by molar-refractivity contribution is 0.0877. The SMILES string of the molecule is O=C(NC1CCC2CCCCC2C1)c1cnc2ccc(Br)cn2c1=O. The van der Waals surface area contributed by atoms with Crippen molar-refractivity contribution in [2.75, 3.05) is 0 Å². The second-order valence-electron chi connectivity index (χ2n) is 7.34. The molecular formula is C19H22BrN3O2. The number of carbonyl (C=O) groups is 1. The van der Waals surface area contributed by atoms with Gasteiger partial charge in [-0.25, -0.2) is 4.98 Å². The van der Waals surface area contributed by atoms with Crippen molar-refractivity contribution >= 4 is 27.5 Å². The van der Waals surface area contributed by atoms with Crippen molar-refractivity contribution in [1.82, 2.24) is 14.7 Å². The molecule has 4 rings (SSSR count). The zero-order chi connectivity index (χ0) is 17.4. The van der Waals surface area contributed by atoms with E-state index in [-0.39, 0.29) is 23.1 Å². The second kappa shape index (κ2) is 6.90. The molecule has 1 N–H and O–H groups in total. The Balaban J connectivity index is 1.52. The molecule has 1 amide bonds. The van der Waals surface area contributed by atoms with Crippen LogP contribution >= 0.6 is 15.9 Å². The third kappa shape index (κ3) is 3.36. The zero-order valence-corrected chi connectivity index (χ0v) is 15.7. The Kier molecular flexibility index (Phi) is 4.63. The number of hydrogen-bond acceptors (Lipinski definition) is 3. The molecule has 3 unspecified atom stereocenters. The van der Waals surface area contributed by atoms with Crippen molar-refractivity contribution in [3.05, 3.63) is 44.9 Å². The third-order valence-corrected chi connectivity index (χ3v) is 6.25. The van der Waals surface area contributed by atoms with Gasteiger partial charge in [0.2, 0.25) is 0 Å². The lowest BCUT2D eigenvalue weighted by Gasteiger charge is -2.39. The minimum absolute atomic E-state index is 0.112. The van der Waals surface area contributed by atoms with E-state index >= 15 is 0 Å². The van der Waals surface area contributed by atoms with E-state index in [0.29, 0.717) is 5.65 Å². The number of fused-ring (bicyclic) bond motifs is 2. The van der Waals surface area contributed by atoms with E-state index in [4.69, 9.17) is 0 Å². The van der Waals surface area contributed by atoms with Crippen LogP contribution in [0.15, 0.2) is 33.8 Å². The maximum absolute atomic E-state index is 12.6. The van der Waals surface area contributed by atoms with Gasteiger partial charge in [-0.3, -0.25) is 14.0 Å². The molecule has 3 atom stereocenters. The quantitative estimate of drug-likeness (QED) is 0.833. The number of aromatic nitrogens is 2. The summed E-state index contributed by atoms with van der Waals surface area (Å²) in [4.78, 5) is 29.5. The van der Waals surface area contributed by atoms with E-state index < -0.39 is 0 Å². The number of nitrogens with zero attached hydrogens (tertiary/aromatic N) is 2. The van der Waals surface area contributed by atoms with Gasteiger partial charge in [0.15, 0.2) is 0 Å². The average molecular weight is 404 g/mol. The number of nitrogens with one attached hydrogen (secondary N) is 1. The molecule has 2 aliphatic rings. The summed E-state index contributed by atoms with van der Waals surface area (Å²) in [5, 5.41) is 3.08. The number of carbonyl (C=O) groups excluding carboxylic acids is 1. The summed E-state index contributed by atoms with van der Waals surface area (Å²) < 4.78 is 2.19. The van der Waals surface area contributed by atoms with Crippen LogP contribution in [0.25, 0.3) is 5.65 Å². The normalized spacial score (nSPS) is 26.2. The number of pyridine rings is 1. The number of rotatable bonds is 2. The van der Waals surface area contributed by atoms with E-state index in [1.165, 1.54) is 42.7 Å². The minimum Gasteiger partial charge on any atom is -0.349 e. The van der Waals surface area contributed by atoms with E-state index in [1.807, 2.05) is 6.07 Å². The fourth-order valence-corrected chi connectivity index (χ4v) is 4.81.